The standard InChI is InChI=1S/C12H14ClN/c1-8(2)14-5-4-10-6-9(3)7-11(13)12(10)14/h4-8H,1-3H3. The quantitative estimate of drug-likeness (QED) is 0.661. The molecule has 0 N–H and O–H groups in total. The third kappa shape index (κ3) is 1.42. The Morgan fingerprint density at radius 2 is 2.00 bits per heavy atom. The molecule has 74 valence electrons. The summed E-state index contributed by atoms with van der Waals surface area (Å²) in [5, 5.41) is 2.07. The van der Waals surface area contributed by atoms with Gasteiger partial charge in [0.15, 0.2) is 0 Å². The van der Waals surface area contributed by atoms with Crippen molar-refractivity contribution < 1.29 is 0 Å². The van der Waals surface area contributed by atoms with Gasteiger partial charge in [0.2, 0.25) is 0 Å². The maximum absolute atomic E-state index is 6.23. The highest BCUT2D eigenvalue weighted by Crippen LogP contribution is 2.28. The minimum atomic E-state index is 0.452. The van der Waals surface area contributed by atoms with Crippen molar-refractivity contribution in [2.24, 2.45) is 0 Å². The van der Waals surface area contributed by atoms with E-state index >= 15 is 0 Å². The molecule has 0 bridgehead atoms. The molecule has 0 fully saturated rings. The SMILES string of the molecule is Cc1cc(Cl)c2c(ccn2C(C)C)c1. The lowest BCUT2D eigenvalue weighted by Gasteiger charge is -2.10. The van der Waals surface area contributed by atoms with Crippen LogP contribution in [0.4, 0.5) is 0 Å². The third-order valence-corrected chi connectivity index (χ3v) is 2.75. The van der Waals surface area contributed by atoms with E-state index in [0.29, 0.717) is 6.04 Å². The molecular weight excluding hydrogens is 194 g/mol. The fraction of sp³-hybridized carbons (Fsp3) is 0.333. The lowest BCUT2D eigenvalue weighted by molar-refractivity contribution is 0.623. The molecular formula is C12H14ClN. The Morgan fingerprint density at radius 1 is 1.29 bits per heavy atom. The first-order valence-corrected chi connectivity index (χ1v) is 5.24. The third-order valence-electron chi connectivity index (χ3n) is 2.47. The van der Waals surface area contributed by atoms with Gasteiger partial charge in [0, 0.05) is 17.6 Å². The highest BCUT2D eigenvalue weighted by Gasteiger charge is 2.07. The molecule has 2 rings (SSSR count). The Morgan fingerprint density at radius 3 is 2.64 bits per heavy atom. The van der Waals surface area contributed by atoms with E-state index in [0.717, 1.165) is 10.5 Å². The molecule has 0 atom stereocenters. The van der Waals surface area contributed by atoms with Crippen LogP contribution in [-0.2, 0) is 0 Å². The molecule has 1 nitrogen and oxygen atoms in total. The summed E-state index contributed by atoms with van der Waals surface area (Å²) in [5.41, 5.74) is 2.36. The van der Waals surface area contributed by atoms with E-state index in [1.807, 2.05) is 6.07 Å². The molecule has 2 heteroatoms. The van der Waals surface area contributed by atoms with Crippen molar-refractivity contribution in [2.75, 3.05) is 0 Å². The number of hydrogen-bond acceptors (Lipinski definition) is 0. The Kier molecular flexibility index (Phi) is 2.28. The summed E-state index contributed by atoms with van der Waals surface area (Å²) in [6.45, 7) is 6.39. The fourth-order valence-corrected chi connectivity index (χ4v) is 2.21. The molecule has 0 amide bonds. The summed E-state index contributed by atoms with van der Waals surface area (Å²) in [4.78, 5) is 0. The van der Waals surface area contributed by atoms with E-state index in [2.05, 4.69) is 43.7 Å². The van der Waals surface area contributed by atoms with Crippen LogP contribution in [0.1, 0.15) is 25.5 Å². The summed E-state index contributed by atoms with van der Waals surface area (Å²) in [6, 6.07) is 6.75. The van der Waals surface area contributed by atoms with Crippen molar-refractivity contribution in [3.8, 4) is 0 Å². The molecule has 1 aromatic heterocycles. The van der Waals surface area contributed by atoms with Crippen LogP contribution in [0.3, 0.4) is 0 Å². The number of rotatable bonds is 1. The van der Waals surface area contributed by atoms with Gasteiger partial charge < -0.3 is 4.57 Å². The molecule has 14 heavy (non-hydrogen) atoms. The predicted octanol–water partition coefficient (Wildman–Crippen LogP) is 4.18. The number of fused-ring (bicyclic) bond motifs is 1. The van der Waals surface area contributed by atoms with Crippen LogP contribution in [0.15, 0.2) is 24.4 Å². The van der Waals surface area contributed by atoms with Gasteiger partial charge in [-0.1, -0.05) is 11.6 Å². The van der Waals surface area contributed by atoms with E-state index in [1.54, 1.807) is 0 Å². The molecule has 0 aliphatic heterocycles. The monoisotopic (exact) mass is 207 g/mol. The van der Waals surface area contributed by atoms with Gasteiger partial charge in [-0.05, 0) is 44.5 Å². The first-order valence-electron chi connectivity index (χ1n) is 4.86. The minimum Gasteiger partial charge on any atom is -0.344 e. The molecule has 0 radical (unpaired) electrons. The molecule has 2 aromatic rings. The van der Waals surface area contributed by atoms with Crippen LogP contribution >= 0.6 is 11.6 Å². The average Bonchev–Trinajstić information content (AvgIpc) is 2.47. The van der Waals surface area contributed by atoms with Crippen LogP contribution in [0.5, 0.6) is 0 Å². The van der Waals surface area contributed by atoms with Gasteiger partial charge in [-0.15, -0.1) is 0 Å². The summed E-state index contributed by atoms with van der Waals surface area (Å²) >= 11 is 6.23. The molecule has 0 saturated carbocycles. The van der Waals surface area contributed by atoms with E-state index in [-0.39, 0.29) is 0 Å². The largest absolute Gasteiger partial charge is 0.344 e. The van der Waals surface area contributed by atoms with Crippen molar-refractivity contribution in [3.63, 3.8) is 0 Å². The van der Waals surface area contributed by atoms with Gasteiger partial charge in [0.1, 0.15) is 0 Å². The maximum atomic E-state index is 6.23. The van der Waals surface area contributed by atoms with Crippen LogP contribution in [-0.4, -0.2) is 4.57 Å². The minimum absolute atomic E-state index is 0.452. The normalized spacial score (nSPS) is 11.5. The Balaban J connectivity index is 2.79. The van der Waals surface area contributed by atoms with Crippen molar-refractivity contribution in [3.05, 3.63) is 35.0 Å². The van der Waals surface area contributed by atoms with Crippen molar-refractivity contribution in [2.45, 2.75) is 26.8 Å². The van der Waals surface area contributed by atoms with Crippen LogP contribution in [0.2, 0.25) is 5.02 Å². The molecule has 0 unspecified atom stereocenters. The summed E-state index contributed by atoms with van der Waals surface area (Å²) < 4.78 is 2.21. The summed E-state index contributed by atoms with van der Waals surface area (Å²) in [7, 11) is 0. The predicted molar refractivity (Wildman–Crippen MR) is 62.1 cm³/mol. The van der Waals surface area contributed by atoms with Crippen LogP contribution < -0.4 is 0 Å². The number of hydrogen-bond donors (Lipinski definition) is 0. The first kappa shape index (κ1) is 9.60. The van der Waals surface area contributed by atoms with Crippen LogP contribution in [0, 0.1) is 6.92 Å². The first-order chi connectivity index (χ1) is 6.59. The molecule has 1 heterocycles. The number of nitrogens with zero attached hydrogens (tertiary/aromatic N) is 1. The second-order valence-electron chi connectivity index (χ2n) is 4.00. The van der Waals surface area contributed by atoms with Gasteiger partial charge in [-0.3, -0.25) is 0 Å². The Labute approximate surface area is 89.3 Å². The van der Waals surface area contributed by atoms with Crippen molar-refractivity contribution in [1.29, 1.82) is 0 Å². The molecule has 0 aliphatic rings. The highest BCUT2D eigenvalue weighted by molar-refractivity contribution is 6.35. The smallest absolute Gasteiger partial charge is 0.0672 e. The summed E-state index contributed by atoms with van der Waals surface area (Å²) in [5.74, 6) is 0. The van der Waals surface area contributed by atoms with Gasteiger partial charge in [-0.25, -0.2) is 0 Å². The van der Waals surface area contributed by atoms with E-state index in [4.69, 9.17) is 11.6 Å². The average molecular weight is 208 g/mol. The van der Waals surface area contributed by atoms with Crippen molar-refractivity contribution >= 4 is 22.5 Å². The van der Waals surface area contributed by atoms with Gasteiger partial charge >= 0.3 is 0 Å². The Bertz CT molecular complexity index is 468. The lowest BCUT2D eigenvalue weighted by Crippen LogP contribution is -1.98. The number of benzene rings is 1. The van der Waals surface area contributed by atoms with Gasteiger partial charge in [0.25, 0.3) is 0 Å². The zero-order valence-electron chi connectivity index (χ0n) is 8.71. The fourth-order valence-electron chi connectivity index (χ4n) is 1.83. The highest BCUT2D eigenvalue weighted by atomic mass is 35.5. The zero-order valence-corrected chi connectivity index (χ0v) is 9.47. The van der Waals surface area contributed by atoms with E-state index in [1.165, 1.54) is 10.9 Å². The lowest BCUT2D eigenvalue weighted by atomic mass is 10.2. The second-order valence-corrected chi connectivity index (χ2v) is 4.41. The van der Waals surface area contributed by atoms with Gasteiger partial charge in [-0.2, -0.15) is 0 Å². The van der Waals surface area contributed by atoms with E-state index in [9.17, 15) is 0 Å². The topological polar surface area (TPSA) is 4.93 Å². The van der Waals surface area contributed by atoms with E-state index < -0.39 is 0 Å². The molecule has 0 spiro atoms. The second kappa shape index (κ2) is 3.32. The maximum Gasteiger partial charge on any atom is 0.0672 e. The van der Waals surface area contributed by atoms with Gasteiger partial charge in [0.05, 0.1) is 10.5 Å². The van der Waals surface area contributed by atoms with Crippen molar-refractivity contribution in [1.82, 2.24) is 4.57 Å². The molecule has 1 aromatic carbocycles. The molecule has 0 saturated heterocycles. The zero-order chi connectivity index (χ0) is 10.3. The summed E-state index contributed by atoms with van der Waals surface area (Å²) in [6.07, 6.45) is 2.10. The number of aromatic nitrogens is 1. The molecule has 0 aliphatic carbocycles. The number of halogens is 1. The number of aryl methyl sites for hydroxylation is 1. The van der Waals surface area contributed by atoms with Crippen LogP contribution in [0.25, 0.3) is 10.9 Å². The Hall–Kier alpha value is -0.950.